The first-order valence-corrected chi connectivity index (χ1v) is 18.9. The van der Waals surface area contributed by atoms with Gasteiger partial charge in [-0.05, 0) is 70.5 Å². The summed E-state index contributed by atoms with van der Waals surface area (Å²) < 4.78 is 437. The Labute approximate surface area is 386 Å². The third-order valence-electron chi connectivity index (χ3n) is 11.1. The molecule has 0 radical (unpaired) electrons. The van der Waals surface area contributed by atoms with Crippen LogP contribution in [0.3, 0.4) is 0 Å². The summed E-state index contributed by atoms with van der Waals surface area (Å²) in [6.07, 6.45) is -16.7. The molecule has 408 valence electrons. The number of anilines is 2. The van der Waals surface area contributed by atoms with Crippen LogP contribution in [0, 0.1) is 0 Å². The van der Waals surface area contributed by atoms with Crippen LogP contribution in [-0.4, -0.2) is 83.4 Å². The Morgan fingerprint density at radius 2 is 0.397 bits per heavy atom. The lowest BCUT2D eigenvalue weighted by atomic mass is 9.65. The van der Waals surface area contributed by atoms with Gasteiger partial charge in [0.05, 0.1) is 0 Å². The molecule has 4 aromatic carbocycles. The lowest BCUT2D eigenvalue weighted by molar-refractivity contribution is -0.486. The first-order chi connectivity index (χ1) is 32.4. The highest BCUT2D eigenvalue weighted by Crippen LogP contribution is 2.70. The summed E-state index contributed by atoms with van der Waals surface area (Å²) in [5, 5.41) is 0. The molecule has 0 saturated carbocycles. The van der Waals surface area contributed by atoms with Crippen molar-refractivity contribution >= 4 is 11.4 Å². The van der Waals surface area contributed by atoms with Gasteiger partial charge in [-0.3, -0.25) is 0 Å². The first-order valence-electron chi connectivity index (χ1n) is 18.9. The molecule has 0 spiro atoms. The molecule has 32 heteroatoms. The molecule has 0 unspecified atom stereocenters. The van der Waals surface area contributed by atoms with Crippen LogP contribution in [0.2, 0.25) is 0 Å². The summed E-state index contributed by atoms with van der Waals surface area (Å²) in [5.74, 6) is -115. The molecular formula is C41H24F30N2. The van der Waals surface area contributed by atoms with Crippen LogP contribution < -0.4 is 11.5 Å². The standard InChI is InChI=1S/C41H24F30N2/c42-28(43,27(40(66,67)68,23-9-1-19(2-10-23)17-21-5-13-25(72)14-6-21)24-11-3-20(4-12-24)18-22-7-15-26(73)16-8-22)29(44,45)30(46,47)31(48,49)32(50,51)33(52,53)34(54,55)35(56,57)36(58,59)37(60,61)38(62,63)39(64,65)41(69,70)71/h1-16H,17-18,72-73H2. The number of nitrogen functional groups attached to an aromatic ring is 2. The van der Waals surface area contributed by atoms with Crippen LogP contribution >= 0.6 is 0 Å². The Morgan fingerprint density at radius 3 is 0.589 bits per heavy atom. The number of hydrogen-bond acceptors (Lipinski definition) is 2. The Hall–Kier alpha value is -5.62. The third kappa shape index (κ3) is 8.46. The van der Waals surface area contributed by atoms with Crippen molar-refractivity contribution in [3.05, 3.63) is 130 Å². The molecule has 0 aliphatic rings. The van der Waals surface area contributed by atoms with E-state index in [-0.39, 0.29) is 57.9 Å². The number of benzene rings is 4. The fraction of sp³-hybridized carbons (Fsp3) is 0.415. The Balaban J connectivity index is 1.98. The van der Waals surface area contributed by atoms with Crippen LogP contribution in [0.25, 0.3) is 0 Å². The first kappa shape index (κ1) is 59.9. The highest BCUT2D eigenvalue weighted by Gasteiger charge is 3.01. The Bertz CT molecular complexity index is 2470. The van der Waals surface area contributed by atoms with Gasteiger partial charge in [0.2, 0.25) is 0 Å². The van der Waals surface area contributed by atoms with Crippen LogP contribution in [0.4, 0.5) is 143 Å². The smallest absolute Gasteiger partial charge is 0.399 e. The topological polar surface area (TPSA) is 52.0 Å². The predicted octanol–water partition coefficient (Wildman–Crippen LogP) is 15.1. The van der Waals surface area contributed by atoms with E-state index in [0.29, 0.717) is 24.3 Å². The summed E-state index contributed by atoms with van der Waals surface area (Å²) >= 11 is 0. The van der Waals surface area contributed by atoms with Gasteiger partial charge in [-0.2, -0.15) is 132 Å². The van der Waals surface area contributed by atoms with E-state index in [2.05, 4.69) is 0 Å². The summed E-state index contributed by atoms with van der Waals surface area (Å²) in [6.45, 7) is 0. The molecule has 0 aromatic heterocycles. The minimum absolute atomic E-state index is 0.110. The summed E-state index contributed by atoms with van der Waals surface area (Å²) in [5.41, 5.74) is -0.374. The number of hydrogen-bond donors (Lipinski definition) is 2. The van der Waals surface area contributed by atoms with Gasteiger partial charge in [0.25, 0.3) is 0 Å². The number of rotatable bonds is 18. The second-order valence-electron chi connectivity index (χ2n) is 15.9. The van der Waals surface area contributed by atoms with Crippen LogP contribution in [0.1, 0.15) is 33.4 Å². The Kier molecular flexibility index (Phi) is 14.6. The van der Waals surface area contributed by atoms with Gasteiger partial charge in [-0.1, -0.05) is 72.8 Å². The monoisotopic (exact) mass is 1110 g/mol. The van der Waals surface area contributed by atoms with Gasteiger partial charge < -0.3 is 11.5 Å². The van der Waals surface area contributed by atoms with Gasteiger partial charge in [-0.15, -0.1) is 0 Å². The lowest BCUT2D eigenvalue weighted by Gasteiger charge is -2.49. The highest BCUT2D eigenvalue weighted by molar-refractivity contribution is 5.50. The van der Waals surface area contributed by atoms with Crippen molar-refractivity contribution in [2.45, 2.75) is 102 Å². The van der Waals surface area contributed by atoms with E-state index >= 15 is 48.3 Å². The van der Waals surface area contributed by atoms with E-state index in [4.69, 9.17) is 11.5 Å². The van der Waals surface area contributed by atoms with Gasteiger partial charge in [0, 0.05) is 11.4 Å². The van der Waals surface area contributed by atoms with Gasteiger partial charge >= 0.3 is 83.4 Å². The van der Waals surface area contributed by atoms with Crippen molar-refractivity contribution in [1.29, 1.82) is 0 Å². The zero-order valence-electron chi connectivity index (χ0n) is 34.6. The molecule has 0 heterocycles. The normalized spacial score (nSPS) is 15.2. The second kappa shape index (κ2) is 17.8. The maximum atomic E-state index is 16.7. The SMILES string of the molecule is Nc1ccc(Cc2ccc(C(c3ccc(Cc4ccc(N)cc4)cc3)(C(F)(F)F)C(F)(F)C(F)(F)C(F)(F)C(F)(F)C(F)(F)C(F)(F)C(F)(F)C(F)(F)C(F)(F)C(F)(F)C(F)(F)C(F)(F)C(F)(F)F)cc2)cc1. The van der Waals surface area contributed by atoms with Crippen LogP contribution in [0.5, 0.6) is 0 Å². The Morgan fingerprint density at radius 1 is 0.219 bits per heavy atom. The molecule has 4 rings (SSSR count). The summed E-state index contributed by atoms with van der Waals surface area (Å²) in [7, 11) is 0. The number of alkyl halides is 30. The zero-order valence-corrected chi connectivity index (χ0v) is 34.6. The molecule has 4 aromatic rings. The van der Waals surface area contributed by atoms with Crippen molar-refractivity contribution in [3.63, 3.8) is 0 Å². The molecule has 0 fully saturated rings. The van der Waals surface area contributed by atoms with Crippen LogP contribution in [0.15, 0.2) is 97.1 Å². The predicted molar refractivity (Wildman–Crippen MR) is 192 cm³/mol. The van der Waals surface area contributed by atoms with Crippen molar-refractivity contribution < 1.29 is 132 Å². The molecule has 0 aliphatic carbocycles. The molecule has 73 heavy (non-hydrogen) atoms. The van der Waals surface area contributed by atoms with Gasteiger partial charge in [0.15, 0.2) is 5.41 Å². The van der Waals surface area contributed by atoms with Crippen molar-refractivity contribution in [3.8, 4) is 0 Å². The van der Waals surface area contributed by atoms with E-state index in [0.717, 1.165) is 0 Å². The average molecular weight is 1110 g/mol. The fourth-order valence-electron chi connectivity index (χ4n) is 6.91. The maximum absolute atomic E-state index is 16.7. The zero-order chi connectivity index (χ0) is 56.8. The van der Waals surface area contributed by atoms with Crippen molar-refractivity contribution in [2.24, 2.45) is 0 Å². The summed E-state index contributed by atoms with van der Waals surface area (Å²) in [4.78, 5) is 0. The van der Waals surface area contributed by atoms with Crippen molar-refractivity contribution in [2.75, 3.05) is 11.5 Å². The maximum Gasteiger partial charge on any atom is 0.460 e. The van der Waals surface area contributed by atoms with E-state index in [9.17, 15) is 83.4 Å². The largest absolute Gasteiger partial charge is 0.460 e. The number of nitrogens with two attached hydrogens (primary N) is 2. The molecule has 4 N–H and O–H groups in total. The number of halogens is 30. The molecule has 0 amide bonds. The molecule has 2 nitrogen and oxygen atoms in total. The van der Waals surface area contributed by atoms with Crippen LogP contribution in [-0.2, 0) is 18.3 Å². The van der Waals surface area contributed by atoms with E-state index in [1.54, 1.807) is 0 Å². The molecule has 0 atom stereocenters. The molecular weight excluding hydrogens is 1090 g/mol. The minimum atomic E-state index is -10.1. The van der Waals surface area contributed by atoms with E-state index in [1.165, 1.54) is 48.5 Å². The fourth-order valence-corrected chi connectivity index (χ4v) is 6.91. The van der Waals surface area contributed by atoms with E-state index < -0.39 is 113 Å². The lowest BCUT2D eigenvalue weighted by Crippen LogP contribution is -2.79. The second-order valence-corrected chi connectivity index (χ2v) is 15.9. The van der Waals surface area contributed by atoms with Crippen molar-refractivity contribution in [1.82, 2.24) is 0 Å². The minimum Gasteiger partial charge on any atom is -0.399 e. The average Bonchev–Trinajstić information content (AvgIpc) is 3.24. The van der Waals surface area contributed by atoms with E-state index in [1.807, 2.05) is 0 Å². The molecule has 0 bridgehead atoms. The molecule has 0 aliphatic heterocycles. The van der Waals surface area contributed by atoms with Gasteiger partial charge in [-0.25, -0.2) is 0 Å². The third-order valence-corrected chi connectivity index (χ3v) is 11.1. The van der Waals surface area contributed by atoms with Gasteiger partial charge in [0.1, 0.15) is 0 Å². The quantitative estimate of drug-likeness (QED) is 0.0771. The summed E-state index contributed by atoms with van der Waals surface area (Å²) in [6, 6.07) is 10.3. The molecule has 0 saturated heterocycles. The highest BCUT2D eigenvalue weighted by atomic mass is 19.4.